The monoisotopic (exact) mass is 279 g/mol. The van der Waals surface area contributed by atoms with E-state index in [0.29, 0.717) is 17.2 Å². The first-order chi connectivity index (χ1) is 10.2. The second-order valence-electron chi connectivity index (χ2n) is 4.62. The number of fused-ring (bicyclic) bond motifs is 2. The number of rotatable bonds is 2. The number of benzene rings is 1. The van der Waals surface area contributed by atoms with E-state index in [0.717, 1.165) is 11.0 Å². The summed E-state index contributed by atoms with van der Waals surface area (Å²) in [6.07, 6.45) is 1.49. The lowest BCUT2D eigenvalue weighted by molar-refractivity contribution is 0.0696. The number of hydrogen-bond donors (Lipinski definition) is 1. The van der Waals surface area contributed by atoms with Gasteiger partial charge in [-0.2, -0.15) is 0 Å². The Hall–Kier alpha value is -3.15. The van der Waals surface area contributed by atoms with Gasteiger partial charge in [-0.3, -0.25) is 4.40 Å². The van der Waals surface area contributed by atoms with Crippen LogP contribution in [0.1, 0.15) is 10.4 Å². The summed E-state index contributed by atoms with van der Waals surface area (Å²) in [4.78, 5) is 11.1. The van der Waals surface area contributed by atoms with E-state index in [-0.39, 0.29) is 5.56 Å². The predicted octanol–water partition coefficient (Wildman–Crippen LogP) is 2.84. The van der Waals surface area contributed by atoms with Crippen LogP contribution in [0.15, 0.2) is 53.1 Å². The van der Waals surface area contributed by atoms with Crippen LogP contribution < -0.4 is 0 Å². The lowest BCUT2D eigenvalue weighted by Gasteiger charge is -1.98. The predicted molar refractivity (Wildman–Crippen MR) is 75.2 cm³/mol. The van der Waals surface area contributed by atoms with Gasteiger partial charge in [0.05, 0.1) is 5.56 Å². The van der Waals surface area contributed by atoms with Crippen molar-refractivity contribution in [2.24, 2.45) is 0 Å². The van der Waals surface area contributed by atoms with Gasteiger partial charge in [-0.1, -0.05) is 18.2 Å². The molecule has 4 aromatic rings. The number of nitrogens with zero attached hydrogens (tertiary/aromatic N) is 3. The van der Waals surface area contributed by atoms with Crippen molar-refractivity contribution in [3.63, 3.8) is 0 Å². The van der Waals surface area contributed by atoms with Crippen LogP contribution in [-0.4, -0.2) is 25.7 Å². The molecule has 21 heavy (non-hydrogen) atoms. The van der Waals surface area contributed by atoms with Crippen molar-refractivity contribution in [1.82, 2.24) is 14.6 Å². The fraction of sp³-hybridized carbons (Fsp3) is 0. The quantitative estimate of drug-likeness (QED) is 0.610. The number of carboxylic acid groups (broad SMARTS) is 1. The highest BCUT2D eigenvalue weighted by Gasteiger charge is 2.14. The van der Waals surface area contributed by atoms with E-state index >= 15 is 0 Å². The number of carbonyl (C=O) groups is 1. The Labute approximate surface area is 118 Å². The molecular weight excluding hydrogens is 270 g/mol. The molecule has 0 spiro atoms. The average Bonchev–Trinajstić information content (AvgIpc) is 3.09. The third-order valence-electron chi connectivity index (χ3n) is 3.30. The number of para-hydroxylation sites is 1. The first-order valence-corrected chi connectivity index (χ1v) is 6.29. The van der Waals surface area contributed by atoms with Gasteiger partial charge in [0.25, 0.3) is 0 Å². The van der Waals surface area contributed by atoms with Crippen LogP contribution in [0, 0.1) is 0 Å². The Morgan fingerprint density at radius 1 is 1.14 bits per heavy atom. The van der Waals surface area contributed by atoms with Crippen molar-refractivity contribution in [3.05, 3.63) is 54.2 Å². The molecule has 3 aromatic heterocycles. The average molecular weight is 279 g/mol. The van der Waals surface area contributed by atoms with Gasteiger partial charge in [-0.25, -0.2) is 4.79 Å². The molecule has 6 heteroatoms. The molecular formula is C15H9N3O3. The van der Waals surface area contributed by atoms with Crippen molar-refractivity contribution < 1.29 is 14.3 Å². The van der Waals surface area contributed by atoms with E-state index in [1.54, 1.807) is 10.5 Å². The van der Waals surface area contributed by atoms with Crippen molar-refractivity contribution in [3.8, 4) is 11.6 Å². The summed E-state index contributed by atoms with van der Waals surface area (Å²) < 4.78 is 7.36. The highest BCUT2D eigenvalue weighted by molar-refractivity contribution is 5.88. The maximum absolute atomic E-state index is 11.1. The number of aromatic carboxylic acids is 1. The van der Waals surface area contributed by atoms with Crippen LogP contribution in [0.5, 0.6) is 0 Å². The van der Waals surface area contributed by atoms with Gasteiger partial charge in [-0.05, 0) is 24.3 Å². The first kappa shape index (κ1) is 11.7. The highest BCUT2D eigenvalue weighted by Crippen LogP contribution is 2.26. The summed E-state index contributed by atoms with van der Waals surface area (Å²) in [6.45, 7) is 0. The fourth-order valence-electron chi connectivity index (χ4n) is 2.28. The number of furan rings is 1. The second kappa shape index (κ2) is 4.17. The minimum atomic E-state index is -0.999. The van der Waals surface area contributed by atoms with Gasteiger partial charge >= 0.3 is 5.97 Å². The van der Waals surface area contributed by atoms with Crippen LogP contribution in [0.2, 0.25) is 0 Å². The molecule has 1 N–H and O–H groups in total. The van der Waals surface area contributed by atoms with Crippen LogP contribution in [0.3, 0.4) is 0 Å². The number of hydrogen-bond acceptors (Lipinski definition) is 4. The zero-order chi connectivity index (χ0) is 14.4. The molecule has 0 aliphatic heterocycles. The third kappa shape index (κ3) is 1.77. The van der Waals surface area contributed by atoms with E-state index in [1.165, 1.54) is 12.3 Å². The normalized spacial score (nSPS) is 11.2. The molecule has 0 fully saturated rings. The SMILES string of the molecule is O=C(O)c1ccc2nnc(-c3cc4ccccc4o3)n2c1. The van der Waals surface area contributed by atoms with Crippen molar-refractivity contribution >= 4 is 22.6 Å². The number of pyridine rings is 1. The van der Waals surface area contributed by atoms with Crippen LogP contribution in [0.4, 0.5) is 0 Å². The van der Waals surface area contributed by atoms with Crippen LogP contribution >= 0.6 is 0 Å². The van der Waals surface area contributed by atoms with Crippen molar-refractivity contribution in [2.75, 3.05) is 0 Å². The topological polar surface area (TPSA) is 80.6 Å². The summed E-state index contributed by atoms with van der Waals surface area (Å²) in [6, 6.07) is 12.6. The Bertz CT molecular complexity index is 951. The Kier molecular flexibility index (Phi) is 2.32. The van der Waals surface area contributed by atoms with Crippen molar-refractivity contribution in [1.29, 1.82) is 0 Å². The van der Waals surface area contributed by atoms with Gasteiger partial charge in [0.15, 0.2) is 11.4 Å². The molecule has 0 radical (unpaired) electrons. The number of carboxylic acids is 1. The van der Waals surface area contributed by atoms with E-state index < -0.39 is 5.97 Å². The highest BCUT2D eigenvalue weighted by atomic mass is 16.4. The zero-order valence-electron chi connectivity index (χ0n) is 10.7. The Balaban J connectivity index is 1.96. The standard InChI is InChI=1S/C15H9N3O3/c19-15(20)10-5-6-13-16-17-14(18(13)8-10)12-7-9-3-1-2-4-11(9)21-12/h1-8H,(H,19,20). The molecule has 102 valence electrons. The smallest absolute Gasteiger partial charge is 0.337 e. The summed E-state index contributed by atoms with van der Waals surface area (Å²) in [5.74, 6) is 0.0247. The molecule has 1 aromatic carbocycles. The van der Waals surface area contributed by atoms with Gasteiger partial charge < -0.3 is 9.52 Å². The minimum absolute atomic E-state index is 0.166. The van der Waals surface area contributed by atoms with E-state index in [2.05, 4.69) is 10.2 Å². The molecule has 0 saturated heterocycles. The molecule has 0 bridgehead atoms. The molecule has 6 nitrogen and oxygen atoms in total. The van der Waals surface area contributed by atoms with E-state index in [4.69, 9.17) is 9.52 Å². The second-order valence-corrected chi connectivity index (χ2v) is 4.62. The Morgan fingerprint density at radius 2 is 2.00 bits per heavy atom. The van der Waals surface area contributed by atoms with Gasteiger partial charge in [-0.15, -0.1) is 10.2 Å². The van der Waals surface area contributed by atoms with E-state index in [1.807, 2.05) is 30.3 Å². The fourth-order valence-corrected chi connectivity index (χ4v) is 2.28. The summed E-state index contributed by atoms with van der Waals surface area (Å²) in [5.41, 5.74) is 1.48. The first-order valence-electron chi connectivity index (χ1n) is 6.29. The molecule has 3 heterocycles. The summed E-state index contributed by atoms with van der Waals surface area (Å²) in [5, 5.41) is 18.2. The molecule has 0 unspecified atom stereocenters. The van der Waals surface area contributed by atoms with Crippen LogP contribution in [-0.2, 0) is 0 Å². The molecule has 0 aliphatic carbocycles. The summed E-state index contributed by atoms with van der Waals surface area (Å²) in [7, 11) is 0. The zero-order valence-corrected chi connectivity index (χ0v) is 10.7. The maximum atomic E-state index is 11.1. The maximum Gasteiger partial charge on any atom is 0.337 e. The minimum Gasteiger partial charge on any atom is -0.478 e. The molecule has 0 atom stereocenters. The lowest BCUT2D eigenvalue weighted by atomic mass is 10.2. The van der Waals surface area contributed by atoms with Gasteiger partial charge in [0.1, 0.15) is 5.58 Å². The van der Waals surface area contributed by atoms with Gasteiger partial charge in [0.2, 0.25) is 5.82 Å². The number of aromatic nitrogens is 3. The summed E-state index contributed by atoms with van der Waals surface area (Å²) >= 11 is 0. The molecule has 0 aliphatic rings. The molecule has 0 saturated carbocycles. The molecule has 0 amide bonds. The van der Waals surface area contributed by atoms with Crippen LogP contribution in [0.25, 0.3) is 28.2 Å². The Morgan fingerprint density at radius 3 is 2.81 bits per heavy atom. The largest absolute Gasteiger partial charge is 0.478 e. The third-order valence-corrected chi connectivity index (χ3v) is 3.30. The van der Waals surface area contributed by atoms with E-state index in [9.17, 15) is 4.79 Å². The molecule has 4 rings (SSSR count). The van der Waals surface area contributed by atoms with Gasteiger partial charge in [0, 0.05) is 11.6 Å². The lowest BCUT2D eigenvalue weighted by Crippen LogP contribution is -1.99. The van der Waals surface area contributed by atoms with Crippen molar-refractivity contribution in [2.45, 2.75) is 0 Å².